The van der Waals surface area contributed by atoms with Crippen LogP contribution in [0, 0.1) is 0 Å². The van der Waals surface area contributed by atoms with Crippen molar-refractivity contribution in [3.05, 3.63) is 23.4 Å². The van der Waals surface area contributed by atoms with Crippen LogP contribution < -0.4 is 11.1 Å². The summed E-state index contributed by atoms with van der Waals surface area (Å²) in [6.45, 7) is 0.569. The number of anilines is 1. The first-order chi connectivity index (χ1) is 7.66. The molecule has 0 aliphatic heterocycles. The number of carbonyl (C=O) groups is 1. The topological polar surface area (TPSA) is 68.0 Å². The molecule has 94 valence electrons. The molecule has 1 amide bonds. The van der Waals surface area contributed by atoms with Crippen LogP contribution in [0.2, 0.25) is 5.02 Å². The fourth-order valence-electron chi connectivity index (χ4n) is 0.844. The lowest BCUT2D eigenvalue weighted by Crippen LogP contribution is -2.59. The number of nitrogens with zero attached hydrogens (tertiary/aromatic N) is 1. The van der Waals surface area contributed by atoms with Crippen molar-refractivity contribution in [2.75, 3.05) is 5.32 Å². The standard InChI is InChI=1S/C9H9ClF3N3O/c1-8(14,9(11,12)13)7(17)16-6-5(10)3-2-4-15-6/h2-4H,14H2,1H3,(H,15,16,17). The summed E-state index contributed by atoms with van der Waals surface area (Å²) in [6.07, 6.45) is -3.58. The molecule has 0 spiro atoms. The van der Waals surface area contributed by atoms with E-state index in [4.69, 9.17) is 17.3 Å². The van der Waals surface area contributed by atoms with E-state index in [1.165, 1.54) is 18.3 Å². The summed E-state index contributed by atoms with van der Waals surface area (Å²) >= 11 is 5.63. The molecule has 0 fully saturated rings. The van der Waals surface area contributed by atoms with Crippen molar-refractivity contribution in [3.63, 3.8) is 0 Å². The van der Waals surface area contributed by atoms with Crippen LogP contribution in [0.5, 0.6) is 0 Å². The largest absolute Gasteiger partial charge is 0.415 e. The summed E-state index contributed by atoms with van der Waals surface area (Å²) in [5.74, 6) is -1.59. The van der Waals surface area contributed by atoms with E-state index in [0.29, 0.717) is 6.92 Å². The molecule has 0 bridgehead atoms. The van der Waals surface area contributed by atoms with Crippen LogP contribution in [0.4, 0.5) is 19.0 Å². The Morgan fingerprint density at radius 2 is 2.12 bits per heavy atom. The zero-order chi connectivity index (χ0) is 13.3. The Hall–Kier alpha value is -1.34. The van der Waals surface area contributed by atoms with E-state index in [9.17, 15) is 18.0 Å². The summed E-state index contributed by atoms with van der Waals surface area (Å²) in [7, 11) is 0. The molecule has 3 N–H and O–H groups in total. The molecule has 1 unspecified atom stereocenters. The van der Waals surface area contributed by atoms with Gasteiger partial charge in [0.1, 0.15) is 0 Å². The lowest BCUT2D eigenvalue weighted by molar-refractivity contribution is -0.184. The van der Waals surface area contributed by atoms with Crippen LogP contribution in [0.1, 0.15) is 6.92 Å². The first-order valence-electron chi connectivity index (χ1n) is 4.44. The number of carbonyl (C=O) groups excluding carboxylic acids is 1. The predicted octanol–water partition coefficient (Wildman–Crippen LogP) is 1.95. The number of alkyl halides is 3. The fourth-order valence-corrected chi connectivity index (χ4v) is 1.01. The maximum atomic E-state index is 12.4. The summed E-state index contributed by atoms with van der Waals surface area (Å²) in [4.78, 5) is 15.0. The second-order valence-corrected chi connectivity index (χ2v) is 3.90. The second kappa shape index (κ2) is 4.50. The lowest BCUT2D eigenvalue weighted by Gasteiger charge is -2.25. The molecule has 17 heavy (non-hydrogen) atoms. The van der Waals surface area contributed by atoms with E-state index < -0.39 is 17.6 Å². The van der Waals surface area contributed by atoms with Crippen molar-refractivity contribution in [3.8, 4) is 0 Å². The molecule has 1 rings (SSSR count). The SMILES string of the molecule is CC(N)(C(=O)Nc1ncccc1Cl)C(F)(F)F. The van der Waals surface area contributed by atoms with Gasteiger partial charge in [-0.25, -0.2) is 4.98 Å². The van der Waals surface area contributed by atoms with E-state index in [1.807, 2.05) is 5.32 Å². The Balaban J connectivity index is 2.91. The van der Waals surface area contributed by atoms with E-state index in [0.717, 1.165) is 0 Å². The number of nitrogens with one attached hydrogen (secondary N) is 1. The van der Waals surface area contributed by atoms with Gasteiger partial charge in [0.15, 0.2) is 11.4 Å². The minimum absolute atomic E-state index is 0.0267. The molecule has 1 atom stereocenters. The van der Waals surface area contributed by atoms with Crippen LogP contribution in [0.25, 0.3) is 0 Å². The molecule has 1 heterocycles. The number of nitrogens with two attached hydrogens (primary N) is 1. The summed E-state index contributed by atoms with van der Waals surface area (Å²) in [5.41, 5.74) is 1.92. The minimum atomic E-state index is -4.86. The Bertz CT molecular complexity index is 434. The van der Waals surface area contributed by atoms with Gasteiger partial charge in [-0.3, -0.25) is 4.79 Å². The maximum Gasteiger partial charge on any atom is 0.415 e. The molecular formula is C9H9ClF3N3O. The molecular weight excluding hydrogens is 259 g/mol. The van der Waals surface area contributed by atoms with E-state index >= 15 is 0 Å². The number of hydrogen-bond donors (Lipinski definition) is 2. The van der Waals surface area contributed by atoms with Crippen molar-refractivity contribution in [2.24, 2.45) is 5.73 Å². The van der Waals surface area contributed by atoms with Gasteiger partial charge in [-0.15, -0.1) is 0 Å². The monoisotopic (exact) mass is 267 g/mol. The normalized spacial score (nSPS) is 15.2. The number of pyridine rings is 1. The third-order valence-electron chi connectivity index (χ3n) is 2.05. The van der Waals surface area contributed by atoms with Crippen molar-refractivity contribution in [1.29, 1.82) is 0 Å². The quantitative estimate of drug-likeness (QED) is 0.861. The molecule has 0 aliphatic rings. The number of hydrogen-bond acceptors (Lipinski definition) is 3. The second-order valence-electron chi connectivity index (χ2n) is 3.49. The first kappa shape index (κ1) is 13.7. The summed E-state index contributed by atoms with van der Waals surface area (Å²) in [6, 6.07) is 2.86. The van der Waals surface area contributed by atoms with Gasteiger partial charge in [0.05, 0.1) is 5.02 Å². The molecule has 0 aliphatic carbocycles. The smallest absolute Gasteiger partial charge is 0.310 e. The number of amides is 1. The average molecular weight is 268 g/mol. The van der Waals surface area contributed by atoms with Gasteiger partial charge in [-0.2, -0.15) is 13.2 Å². The lowest BCUT2D eigenvalue weighted by atomic mass is 10.0. The zero-order valence-electron chi connectivity index (χ0n) is 8.68. The molecule has 0 saturated heterocycles. The van der Waals surface area contributed by atoms with Crippen molar-refractivity contribution in [2.45, 2.75) is 18.6 Å². The van der Waals surface area contributed by atoms with Gasteiger partial charge >= 0.3 is 6.18 Å². The van der Waals surface area contributed by atoms with Crippen LogP contribution >= 0.6 is 11.6 Å². The number of halogens is 4. The van der Waals surface area contributed by atoms with Gasteiger partial charge in [0.2, 0.25) is 0 Å². The third kappa shape index (κ3) is 2.86. The van der Waals surface area contributed by atoms with Crippen molar-refractivity contribution < 1.29 is 18.0 Å². The average Bonchev–Trinajstić information content (AvgIpc) is 2.19. The number of rotatable bonds is 2. The molecule has 1 aromatic heterocycles. The van der Waals surface area contributed by atoms with Gasteiger partial charge in [-0.05, 0) is 19.1 Å². The van der Waals surface area contributed by atoms with Gasteiger partial charge in [-0.1, -0.05) is 11.6 Å². The highest BCUT2D eigenvalue weighted by molar-refractivity contribution is 6.33. The molecule has 8 heteroatoms. The highest BCUT2D eigenvalue weighted by Gasteiger charge is 2.54. The Labute approximate surface area is 100.0 Å². The number of aromatic nitrogens is 1. The van der Waals surface area contributed by atoms with E-state index in [1.54, 1.807) is 0 Å². The highest BCUT2D eigenvalue weighted by atomic mass is 35.5. The van der Waals surface area contributed by atoms with E-state index in [-0.39, 0.29) is 10.8 Å². The first-order valence-corrected chi connectivity index (χ1v) is 4.81. The van der Waals surface area contributed by atoms with Crippen molar-refractivity contribution >= 4 is 23.3 Å². The van der Waals surface area contributed by atoms with Crippen LogP contribution in [0.3, 0.4) is 0 Å². The van der Waals surface area contributed by atoms with Crippen molar-refractivity contribution in [1.82, 2.24) is 4.98 Å². The molecule has 4 nitrogen and oxygen atoms in total. The fraction of sp³-hybridized carbons (Fsp3) is 0.333. The maximum absolute atomic E-state index is 12.4. The van der Waals surface area contributed by atoms with Crippen LogP contribution in [-0.4, -0.2) is 22.6 Å². The molecule has 0 aromatic carbocycles. The summed E-state index contributed by atoms with van der Waals surface area (Å²) in [5, 5.41) is 1.96. The summed E-state index contributed by atoms with van der Waals surface area (Å²) < 4.78 is 37.3. The van der Waals surface area contributed by atoms with Gasteiger partial charge in [0.25, 0.3) is 5.91 Å². The van der Waals surface area contributed by atoms with Crippen LogP contribution in [-0.2, 0) is 4.79 Å². The highest BCUT2D eigenvalue weighted by Crippen LogP contribution is 2.29. The minimum Gasteiger partial charge on any atom is -0.310 e. The molecule has 0 saturated carbocycles. The Morgan fingerprint density at radius 1 is 1.53 bits per heavy atom. The zero-order valence-corrected chi connectivity index (χ0v) is 9.43. The molecule has 1 aromatic rings. The van der Waals surface area contributed by atoms with Gasteiger partial charge in [0, 0.05) is 6.20 Å². The third-order valence-corrected chi connectivity index (χ3v) is 2.36. The Morgan fingerprint density at radius 3 is 2.59 bits per heavy atom. The van der Waals surface area contributed by atoms with Crippen LogP contribution in [0.15, 0.2) is 18.3 Å². The predicted molar refractivity (Wildman–Crippen MR) is 56.5 cm³/mol. The Kier molecular flexibility index (Phi) is 3.63. The molecule has 0 radical (unpaired) electrons. The van der Waals surface area contributed by atoms with Gasteiger partial charge < -0.3 is 11.1 Å². The van der Waals surface area contributed by atoms with E-state index in [2.05, 4.69) is 4.98 Å².